The lowest BCUT2D eigenvalue weighted by molar-refractivity contribution is -0.148. The SMILES string of the molecule is CN(C)c1cc(NC(=O)C2CN(CC3CCCC3)C2)c(O)c2c1C[C@H]1C[C@H]3[C@H](N(C)C)C(O)=C(C(N)=O)C(=O)[C@@]3(O)C(O)=C1C2=O. The van der Waals surface area contributed by atoms with Gasteiger partial charge in [-0.2, -0.15) is 0 Å². The van der Waals surface area contributed by atoms with Gasteiger partial charge in [-0.15, -0.1) is 0 Å². The number of amides is 2. The molecule has 13 nitrogen and oxygen atoms in total. The third-order valence-electron chi connectivity index (χ3n) is 10.8. The summed E-state index contributed by atoms with van der Waals surface area (Å²) in [5.74, 6) is -7.02. The number of hydrogen-bond donors (Lipinski definition) is 6. The number of likely N-dealkylation sites (N-methyl/N-ethyl adjacent to an activating group) is 1. The number of phenolic OH excluding ortho intramolecular Hbond substituents is 1. The summed E-state index contributed by atoms with van der Waals surface area (Å²) in [7, 11) is 6.71. The van der Waals surface area contributed by atoms with E-state index in [9.17, 15) is 39.6 Å². The number of allylic oxidation sites excluding steroid dienone is 1. The first kappa shape index (κ1) is 32.0. The number of carbonyl (C=O) groups is 4. The first-order valence-electron chi connectivity index (χ1n) is 15.9. The average Bonchev–Trinajstić information content (AvgIpc) is 3.46. The van der Waals surface area contributed by atoms with E-state index in [2.05, 4.69) is 10.2 Å². The van der Waals surface area contributed by atoms with E-state index in [1.54, 1.807) is 39.2 Å². The molecule has 1 aliphatic heterocycles. The molecule has 0 unspecified atom stereocenters. The van der Waals surface area contributed by atoms with Gasteiger partial charge in [0.15, 0.2) is 17.1 Å². The Morgan fingerprint density at radius 1 is 1.09 bits per heavy atom. The Labute approximate surface area is 267 Å². The van der Waals surface area contributed by atoms with Crippen molar-refractivity contribution in [3.05, 3.63) is 39.9 Å². The van der Waals surface area contributed by atoms with Crippen LogP contribution in [0.2, 0.25) is 0 Å². The molecule has 4 atom stereocenters. The fourth-order valence-corrected chi connectivity index (χ4v) is 8.47. The third kappa shape index (κ3) is 4.78. The summed E-state index contributed by atoms with van der Waals surface area (Å²) in [4.78, 5) is 58.8. The summed E-state index contributed by atoms with van der Waals surface area (Å²) in [6.07, 6.45) is 5.10. The molecule has 5 aliphatic rings. The van der Waals surface area contributed by atoms with Gasteiger partial charge >= 0.3 is 0 Å². The number of aromatic hydroxyl groups is 1. The zero-order chi connectivity index (χ0) is 33.4. The second-order valence-corrected chi connectivity index (χ2v) is 14.1. The Kier molecular flexibility index (Phi) is 7.93. The molecule has 13 heteroatoms. The first-order chi connectivity index (χ1) is 21.7. The second-order valence-electron chi connectivity index (χ2n) is 14.1. The van der Waals surface area contributed by atoms with Crippen LogP contribution in [0.4, 0.5) is 11.4 Å². The number of fused-ring (bicyclic) bond motifs is 3. The number of nitrogens with two attached hydrogens (primary N) is 1. The van der Waals surface area contributed by atoms with Crippen LogP contribution in [0.3, 0.4) is 0 Å². The lowest BCUT2D eigenvalue weighted by Gasteiger charge is -2.50. The summed E-state index contributed by atoms with van der Waals surface area (Å²) < 4.78 is 0. The average molecular weight is 638 g/mol. The minimum absolute atomic E-state index is 0.00306. The number of ketones is 2. The van der Waals surface area contributed by atoms with Gasteiger partial charge in [0, 0.05) is 50.9 Å². The molecule has 0 bridgehead atoms. The molecule has 248 valence electrons. The number of phenols is 1. The van der Waals surface area contributed by atoms with Crippen LogP contribution in [0.5, 0.6) is 5.75 Å². The Morgan fingerprint density at radius 2 is 1.74 bits per heavy atom. The number of nitrogens with one attached hydrogen (secondary N) is 1. The zero-order valence-electron chi connectivity index (χ0n) is 26.7. The van der Waals surface area contributed by atoms with Crippen LogP contribution < -0.4 is 16.0 Å². The Balaban J connectivity index is 1.35. The van der Waals surface area contributed by atoms with Gasteiger partial charge in [-0.25, -0.2) is 0 Å². The van der Waals surface area contributed by atoms with E-state index in [0.29, 0.717) is 30.3 Å². The molecular formula is C33H43N5O8. The van der Waals surface area contributed by atoms with Crippen LogP contribution in [-0.2, 0) is 20.8 Å². The molecule has 2 fully saturated rings. The molecule has 46 heavy (non-hydrogen) atoms. The molecule has 1 saturated heterocycles. The molecule has 1 heterocycles. The molecule has 0 radical (unpaired) electrons. The van der Waals surface area contributed by atoms with Crippen molar-refractivity contribution in [1.82, 2.24) is 9.80 Å². The highest BCUT2D eigenvalue weighted by atomic mass is 16.3. The third-order valence-corrected chi connectivity index (χ3v) is 10.8. The Bertz CT molecular complexity index is 1590. The fraction of sp³-hybridized carbons (Fsp3) is 0.576. The maximum atomic E-state index is 14.2. The molecular weight excluding hydrogens is 594 g/mol. The normalized spacial score (nSPS) is 28.6. The first-order valence-corrected chi connectivity index (χ1v) is 15.9. The van der Waals surface area contributed by atoms with E-state index in [1.807, 2.05) is 0 Å². The largest absolute Gasteiger partial charge is 0.510 e. The number of primary amides is 1. The number of aliphatic hydroxyl groups excluding tert-OH is 2. The van der Waals surface area contributed by atoms with Crippen molar-refractivity contribution in [2.24, 2.45) is 29.4 Å². The number of likely N-dealkylation sites (tertiary alicyclic amines) is 1. The highest BCUT2D eigenvalue weighted by molar-refractivity contribution is 6.25. The van der Waals surface area contributed by atoms with E-state index in [1.165, 1.54) is 30.6 Å². The predicted molar refractivity (Wildman–Crippen MR) is 169 cm³/mol. The van der Waals surface area contributed by atoms with Crippen LogP contribution in [-0.4, -0.2) is 113 Å². The van der Waals surface area contributed by atoms with E-state index < -0.39 is 63.8 Å². The highest BCUT2D eigenvalue weighted by Crippen LogP contribution is 2.54. The van der Waals surface area contributed by atoms with Gasteiger partial charge in [0.05, 0.1) is 23.2 Å². The lowest BCUT2D eigenvalue weighted by atomic mass is 9.58. The van der Waals surface area contributed by atoms with Crippen molar-refractivity contribution >= 4 is 34.8 Å². The summed E-state index contributed by atoms with van der Waals surface area (Å²) in [6.45, 7) is 2.22. The minimum Gasteiger partial charge on any atom is -0.510 e. The quantitative estimate of drug-likeness (QED) is 0.186. The summed E-state index contributed by atoms with van der Waals surface area (Å²) in [5, 5.41) is 48.7. The maximum Gasteiger partial charge on any atom is 0.255 e. The van der Waals surface area contributed by atoms with Gasteiger partial charge in [0.2, 0.25) is 11.7 Å². The molecule has 1 aromatic rings. The van der Waals surface area contributed by atoms with Crippen LogP contribution in [0.1, 0.15) is 48.0 Å². The van der Waals surface area contributed by atoms with Crippen LogP contribution in [0.25, 0.3) is 0 Å². The number of benzene rings is 1. The maximum absolute atomic E-state index is 14.2. The predicted octanol–water partition coefficient (Wildman–Crippen LogP) is 1.25. The van der Waals surface area contributed by atoms with Gasteiger partial charge in [0.25, 0.3) is 5.91 Å². The minimum atomic E-state index is -2.72. The van der Waals surface area contributed by atoms with Crippen LogP contribution in [0, 0.1) is 23.7 Å². The van der Waals surface area contributed by atoms with Crippen molar-refractivity contribution < 1.29 is 39.6 Å². The second kappa shape index (κ2) is 11.4. The number of hydrogen-bond acceptors (Lipinski definition) is 11. The van der Waals surface area contributed by atoms with Crippen molar-refractivity contribution in [3.8, 4) is 5.75 Å². The number of anilines is 2. The molecule has 2 amide bonds. The van der Waals surface area contributed by atoms with Gasteiger partial charge in [-0.05, 0) is 63.2 Å². The fourth-order valence-electron chi connectivity index (χ4n) is 8.47. The monoisotopic (exact) mass is 637 g/mol. The topological polar surface area (TPSA) is 197 Å². The highest BCUT2D eigenvalue weighted by Gasteiger charge is 2.63. The molecule has 1 aromatic carbocycles. The number of nitrogens with zero attached hydrogens (tertiary/aromatic N) is 3. The molecule has 7 N–H and O–H groups in total. The summed E-state index contributed by atoms with van der Waals surface area (Å²) in [5.41, 5.74) is 2.57. The number of Topliss-reactive ketones (excluding diaryl/α,β-unsaturated/α-hetero) is 2. The van der Waals surface area contributed by atoms with E-state index >= 15 is 0 Å². The van der Waals surface area contributed by atoms with Gasteiger partial charge in [-0.1, -0.05) is 12.8 Å². The van der Waals surface area contributed by atoms with Crippen molar-refractivity contribution in [2.45, 2.75) is 50.2 Å². The van der Waals surface area contributed by atoms with Crippen molar-refractivity contribution in [1.29, 1.82) is 0 Å². The van der Waals surface area contributed by atoms with Crippen LogP contribution >= 0.6 is 0 Å². The Morgan fingerprint density at radius 3 is 2.33 bits per heavy atom. The molecule has 0 aromatic heterocycles. The zero-order valence-corrected chi connectivity index (χ0v) is 26.7. The van der Waals surface area contributed by atoms with E-state index in [4.69, 9.17) is 5.73 Å². The van der Waals surface area contributed by atoms with E-state index in [-0.39, 0.29) is 41.5 Å². The van der Waals surface area contributed by atoms with Gasteiger partial charge < -0.3 is 41.3 Å². The number of aliphatic hydroxyl groups is 3. The smallest absolute Gasteiger partial charge is 0.255 e. The molecule has 4 aliphatic carbocycles. The number of carbonyl (C=O) groups excluding carboxylic acids is 4. The molecule has 6 rings (SSSR count). The summed E-state index contributed by atoms with van der Waals surface area (Å²) in [6, 6.07) is 0.563. The van der Waals surface area contributed by atoms with Gasteiger partial charge in [-0.3, -0.25) is 24.1 Å². The lowest BCUT2D eigenvalue weighted by Crippen LogP contribution is -2.63. The number of rotatable bonds is 7. The van der Waals surface area contributed by atoms with E-state index in [0.717, 1.165) is 6.54 Å². The standard InChI is InChI=1S/C33H43N5O8/c1-36(2)21-11-20(35-32(45)17-13-38(14-17)12-15-7-5-6-8-15)26(39)23-18(21)9-16-10-19-25(37(3)4)28(41)24(31(34)44)30(43)33(19,46)29(42)22(16)27(23)40/h11,15-17,19,25,39,41-42,46H,5-10,12-14H2,1-4H3,(H2,34,44)(H,35,45)/t16-,19-,25-,33-/m0/s1. The molecule has 0 spiro atoms. The van der Waals surface area contributed by atoms with Gasteiger partial charge in [0.1, 0.15) is 17.1 Å². The summed E-state index contributed by atoms with van der Waals surface area (Å²) >= 11 is 0. The van der Waals surface area contributed by atoms with Crippen molar-refractivity contribution in [3.63, 3.8) is 0 Å². The van der Waals surface area contributed by atoms with Crippen molar-refractivity contribution in [2.75, 3.05) is 58.0 Å². The van der Waals surface area contributed by atoms with Crippen LogP contribution in [0.15, 0.2) is 28.7 Å². The molecule has 1 saturated carbocycles. The Hall–Kier alpha value is -3.94.